The Labute approximate surface area is 185 Å². The average Bonchev–Trinajstić information content (AvgIpc) is 2.45. The first-order chi connectivity index (χ1) is 10.2. The van der Waals surface area contributed by atoms with Gasteiger partial charge in [-0.15, -0.1) is 0 Å². The number of nitrogens with zero attached hydrogens (tertiary/aromatic N) is 1. The van der Waals surface area contributed by atoms with Gasteiger partial charge in [-0.05, 0) is 19.4 Å². The Morgan fingerprint density at radius 2 is 1.83 bits per heavy atom. The Kier molecular flexibility index (Phi) is 13.9. The van der Waals surface area contributed by atoms with E-state index in [1.807, 2.05) is 11.2 Å². The number of carboxylic acids is 1. The van der Waals surface area contributed by atoms with Crippen molar-refractivity contribution in [1.82, 2.24) is 5.09 Å². The molecule has 8 nitrogen and oxygen atoms in total. The van der Waals surface area contributed by atoms with Crippen molar-refractivity contribution in [2.45, 2.75) is 32.3 Å². The zero-order valence-corrected chi connectivity index (χ0v) is 19.0. The van der Waals surface area contributed by atoms with Crippen LogP contribution in [0, 0.1) is 0 Å². The predicted molar refractivity (Wildman–Crippen MR) is 74.9 cm³/mol. The molecule has 1 aromatic carbocycles. The third kappa shape index (κ3) is 9.68. The van der Waals surface area contributed by atoms with Crippen molar-refractivity contribution in [2.24, 2.45) is 4.99 Å². The Balaban J connectivity index is 0. The minimum absolute atomic E-state index is 0. The van der Waals surface area contributed by atoms with E-state index < -0.39 is 31.7 Å². The molecule has 0 aliphatic rings. The molecule has 1 rings (SSSR count). The van der Waals surface area contributed by atoms with E-state index in [4.69, 9.17) is 4.74 Å². The van der Waals surface area contributed by atoms with Gasteiger partial charge in [-0.2, -0.15) is 5.09 Å². The molecule has 11 heteroatoms. The average molecular weight is 374 g/mol. The molecule has 0 bridgehead atoms. The van der Waals surface area contributed by atoms with Crippen LogP contribution in [0.2, 0.25) is 0 Å². The molecular weight excluding hydrogens is 357 g/mol. The molecule has 0 saturated carbocycles. The van der Waals surface area contributed by atoms with Gasteiger partial charge in [-0.3, -0.25) is 0 Å². The molecule has 0 aliphatic heterocycles. The minimum Gasteiger partial charge on any atom is -0.640 e. The standard InChI is InChI=1S/C13H19N2O6P.2Na/c1-9(12(16)17)15-22(19,20)10(2)14-13(18)21-8-11-6-4-3-5-7-11;;/h3-7,9-10H,8H2,1-2H3,(H,14,18)(H,16,17)(H2,15,19,20);;/q;2*+1/p-2. The van der Waals surface area contributed by atoms with Crippen molar-refractivity contribution in [2.75, 3.05) is 0 Å². The molecule has 0 fully saturated rings. The van der Waals surface area contributed by atoms with Crippen molar-refractivity contribution >= 4 is 19.9 Å². The van der Waals surface area contributed by atoms with Crippen LogP contribution in [0.25, 0.3) is 0 Å². The van der Waals surface area contributed by atoms with E-state index in [2.05, 4.69) is 4.99 Å². The van der Waals surface area contributed by atoms with Gasteiger partial charge in [-0.1, -0.05) is 30.3 Å². The molecule has 0 aromatic heterocycles. The van der Waals surface area contributed by atoms with Crippen LogP contribution in [-0.2, 0) is 16.1 Å². The number of benzene rings is 1. The molecule has 2 N–H and O–H groups in total. The number of hydrogen-bond acceptors (Lipinski definition) is 8. The topological polar surface area (TPSA) is 140 Å². The van der Waals surface area contributed by atoms with Gasteiger partial charge in [0.2, 0.25) is 0 Å². The van der Waals surface area contributed by atoms with Crippen LogP contribution in [0.5, 0.6) is 0 Å². The van der Waals surface area contributed by atoms with Gasteiger partial charge in [0, 0.05) is 6.61 Å². The molecule has 0 aliphatic carbocycles. The summed E-state index contributed by atoms with van der Waals surface area (Å²) in [5, 5.41) is 24.1. The summed E-state index contributed by atoms with van der Waals surface area (Å²) in [6.07, 6.45) is -1.01. The zero-order chi connectivity index (χ0) is 16.8. The van der Waals surface area contributed by atoms with Crippen LogP contribution in [0.3, 0.4) is 0 Å². The second kappa shape index (κ2) is 12.6. The van der Waals surface area contributed by atoms with Gasteiger partial charge in [-0.25, -0.2) is 9.89 Å². The molecular formula is C13H17N2Na2O6P. The van der Waals surface area contributed by atoms with Gasteiger partial charge < -0.3 is 24.6 Å². The van der Waals surface area contributed by atoms with Crippen LogP contribution in [-0.4, -0.2) is 28.8 Å². The summed E-state index contributed by atoms with van der Waals surface area (Å²) in [5.41, 5.74) is 0.745. The van der Waals surface area contributed by atoms with Gasteiger partial charge in [0.05, 0.1) is 12.0 Å². The molecule has 0 amide bonds. The van der Waals surface area contributed by atoms with Crippen LogP contribution in [0.4, 0.5) is 0 Å². The molecule has 0 heterocycles. The van der Waals surface area contributed by atoms with E-state index in [1.165, 1.54) is 6.92 Å². The molecule has 3 unspecified atom stereocenters. The quantitative estimate of drug-likeness (QED) is 0.209. The van der Waals surface area contributed by atoms with Gasteiger partial charge in [0.1, 0.15) is 6.08 Å². The first kappa shape index (κ1) is 26.5. The summed E-state index contributed by atoms with van der Waals surface area (Å²) in [6, 6.07) is 7.50. The predicted octanol–water partition coefficient (Wildman–Crippen LogP) is -7.88. The number of aliphatic carboxylic acids is 1. The van der Waals surface area contributed by atoms with Gasteiger partial charge in [0.15, 0.2) is 13.7 Å². The second-order valence-electron chi connectivity index (χ2n) is 4.59. The Bertz CT molecular complexity index is 532. The third-order valence-electron chi connectivity index (χ3n) is 2.74. The van der Waals surface area contributed by atoms with Crippen molar-refractivity contribution < 1.29 is 88.6 Å². The molecule has 3 atom stereocenters. The Morgan fingerprint density at radius 1 is 1.29 bits per heavy atom. The van der Waals surface area contributed by atoms with E-state index in [-0.39, 0.29) is 65.7 Å². The number of aliphatic imine (C=N–C) groups is 1. The number of hydrogen-bond donors (Lipinski definition) is 2. The summed E-state index contributed by atoms with van der Waals surface area (Å²) in [4.78, 5) is 35.6. The maximum absolute atomic E-state index is 11.9. The van der Waals surface area contributed by atoms with Crippen LogP contribution >= 0.6 is 7.87 Å². The van der Waals surface area contributed by atoms with Gasteiger partial charge >= 0.3 is 59.1 Å². The number of carbonyl (C=O) groups is 1. The van der Waals surface area contributed by atoms with Gasteiger partial charge in [0.25, 0.3) is 0 Å². The van der Waals surface area contributed by atoms with E-state index in [0.29, 0.717) is 0 Å². The Hall–Kier alpha value is 0.270. The molecule has 24 heavy (non-hydrogen) atoms. The number of rotatable bonds is 7. The first-order valence-corrected chi connectivity index (χ1v) is 8.18. The van der Waals surface area contributed by atoms with Crippen molar-refractivity contribution in [1.29, 1.82) is 0 Å². The van der Waals surface area contributed by atoms with Crippen molar-refractivity contribution in [3.63, 3.8) is 0 Å². The van der Waals surface area contributed by atoms with E-state index in [0.717, 1.165) is 12.5 Å². The van der Waals surface area contributed by atoms with Crippen molar-refractivity contribution in [3.8, 4) is 0 Å². The third-order valence-corrected chi connectivity index (χ3v) is 4.62. The smallest absolute Gasteiger partial charge is 0.640 e. The van der Waals surface area contributed by atoms with Crippen LogP contribution in [0.1, 0.15) is 19.4 Å². The molecule has 1 aromatic rings. The number of nitrogens with one attached hydrogen (secondary N) is 1. The summed E-state index contributed by atoms with van der Waals surface area (Å²) >= 11 is 0. The number of carboxylic acid groups (broad SMARTS) is 1. The fourth-order valence-electron chi connectivity index (χ4n) is 1.43. The molecule has 0 spiro atoms. The molecule has 0 saturated heterocycles. The van der Waals surface area contributed by atoms with E-state index in [9.17, 15) is 24.8 Å². The summed E-state index contributed by atoms with van der Waals surface area (Å²) in [6.45, 7) is 2.34. The molecule has 0 radical (unpaired) electrons. The second-order valence-corrected chi connectivity index (χ2v) is 6.85. The molecule has 122 valence electrons. The first-order valence-electron chi connectivity index (χ1n) is 6.45. The summed E-state index contributed by atoms with van der Waals surface area (Å²) < 4.78 is 4.85. The summed E-state index contributed by atoms with van der Waals surface area (Å²) in [5.74, 6) is -2.88. The minimum atomic E-state index is -4.18. The maximum Gasteiger partial charge on any atom is 1.00 e. The number of carbonyl (C=O) groups excluding carboxylic acids is 1. The monoisotopic (exact) mass is 374 g/mol. The van der Waals surface area contributed by atoms with E-state index in [1.54, 1.807) is 24.3 Å². The fourth-order valence-corrected chi connectivity index (χ4v) is 2.55. The normalized spacial score (nSPS) is 15.9. The SMILES string of the molecule is CC(N[P+]([O-])(O)C(C)N=C([O-])OCc1ccccc1)C(=O)[O-].[Na+].[Na+]. The zero-order valence-electron chi connectivity index (χ0n) is 14.1. The van der Waals surface area contributed by atoms with Crippen LogP contribution in [0.15, 0.2) is 35.3 Å². The maximum atomic E-state index is 11.9. The van der Waals surface area contributed by atoms with Crippen LogP contribution < -0.4 is 79.3 Å². The largest absolute Gasteiger partial charge is 1.00 e. The van der Waals surface area contributed by atoms with Crippen molar-refractivity contribution in [3.05, 3.63) is 35.9 Å². The number of ether oxygens (including phenoxy) is 1. The fraction of sp³-hybridized carbons (Fsp3) is 0.385. The van der Waals surface area contributed by atoms with E-state index >= 15 is 0 Å². The summed E-state index contributed by atoms with van der Waals surface area (Å²) in [7, 11) is -4.18. The Morgan fingerprint density at radius 3 is 2.33 bits per heavy atom.